The topological polar surface area (TPSA) is 64.7 Å². The molecule has 7 heteroatoms. The summed E-state index contributed by atoms with van der Waals surface area (Å²) < 4.78 is 5.59. The van der Waals surface area contributed by atoms with E-state index in [0.717, 1.165) is 67.0 Å². The van der Waals surface area contributed by atoms with Crippen molar-refractivity contribution < 1.29 is 46.5 Å². The number of nitrogens with zero attached hydrogens (tertiary/aromatic N) is 4. The van der Waals surface area contributed by atoms with Gasteiger partial charge in [0.1, 0.15) is 0 Å². The Morgan fingerprint density at radius 1 is 0.353 bits per heavy atom. The fraction of sp³-hybridized carbons (Fsp3) is 0. The zero-order chi connectivity index (χ0) is 33.1. The number of fused-ring (bicyclic) bond motifs is 3. The standard InChI is InChI=1S/2C16H11N2.C12H6O.2Pt/c2*1-3-10-17-15(8-1)13-6-5-7-14(12-13)16-9-2-4-11-18-16;1-3-7-11-9(5-1)10-6-2-4-8-12(10)13-11;;/h2*1-11H;1-4,7-8H;;/q2*-1;-2;2*+2. The quantitative estimate of drug-likeness (QED) is 0.164. The van der Waals surface area contributed by atoms with Crippen LogP contribution >= 0.6 is 0 Å². The van der Waals surface area contributed by atoms with Crippen molar-refractivity contribution in [3.05, 3.63) is 195 Å². The van der Waals surface area contributed by atoms with Crippen molar-refractivity contribution in [2.75, 3.05) is 0 Å². The van der Waals surface area contributed by atoms with Crippen molar-refractivity contribution in [2.45, 2.75) is 0 Å². The third-order valence-electron chi connectivity index (χ3n) is 7.46. The maximum Gasteiger partial charge on any atom is 2.00 e. The predicted molar refractivity (Wildman–Crippen MR) is 195 cm³/mol. The molecule has 9 aromatic rings. The molecule has 0 N–H and O–H groups in total. The van der Waals surface area contributed by atoms with Gasteiger partial charge in [-0.25, -0.2) is 0 Å². The molecule has 0 fully saturated rings. The minimum absolute atomic E-state index is 0. The zero-order valence-corrected chi connectivity index (χ0v) is 31.5. The monoisotopic (exact) mass is 1020 g/mol. The van der Waals surface area contributed by atoms with Gasteiger partial charge in [-0.2, -0.15) is 35.0 Å². The van der Waals surface area contributed by atoms with Gasteiger partial charge in [0.25, 0.3) is 0 Å². The van der Waals surface area contributed by atoms with Crippen LogP contribution in [0.4, 0.5) is 0 Å². The van der Waals surface area contributed by atoms with Gasteiger partial charge in [0, 0.05) is 47.6 Å². The Kier molecular flexibility index (Phi) is 13.5. The number of rotatable bonds is 4. The number of hydrogen-bond acceptors (Lipinski definition) is 5. The van der Waals surface area contributed by atoms with Gasteiger partial charge in [0.05, 0.1) is 0 Å². The molecule has 0 unspecified atom stereocenters. The first-order valence-corrected chi connectivity index (χ1v) is 15.7. The van der Waals surface area contributed by atoms with E-state index in [1.165, 1.54) is 0 Å². The first-order valence-electron chi connectivity index (χ1n) is 15.7. The van der Waals surface area contributed by atoms with Gasteiger partial charge in [0.2, 0.25) is 0 Å². The molecule has 51 heavy (non-hydrogen) atoms. The second kappa shape index (κ2) is 18.6. The van der Waals surface area contributed by atoms with Crippen molar-refractivity contribution >= 4 is 21.9 Å². The molecule has 0 atom stereocenters. The Balaban J connectivity index is 0.000000147. The Bertz CT molecular complexity index is 2110. The Hall–Kier alpha value is -5.34. The fourth-order valence-electron chi connectivity index (χ4n) is 5.15. The third-order valence-corrected chi connectivity index (χ3v) is 7.46. The predicted octanol–water partition coefficient (Wildman–Crippen LogP) is 10.4. The molecule has 5 aromatic heterocycles. The first-order chi connectivity index (χ1) is 24.3. The molecule has 0 radical (unpaired) electrons. The van der Waals surface area contributed by atoms with Gasteiger partial charge < -0.3 is 4.42 Å². The largest absolute Gasteiger partial charge is 2.00 e. The normalized spacial score (nSPS) is 10.0. The van der Waals surface area contributed by atoms with Crippen molar-refractivity contribution in [1.29, 1.82) is 0 Å². The van der Waals surface area contributed by atoms with Crippen LogP contribution in [0.3, 0.4) is 0 Å². The molecule has 5 heterocycles. The molecular formula is C44H28N4OPt2. The van der Waals surface area contributed by atoms with E-state index >= 15 is 0 Å². The van der Waals surface area contributed by atoms with Crippen LogP contribution in [0.5, 0.6) is 0 Å². The van der Waals surface area contributed by atoms with E-state index < -0.39 is 0 Å². The van der Waals surface area contributed by atoms with Crippen LogP contribution in [0, 0.1) is 24.3 Å². The molecule has 0 saturated heterocycles. The van der Waals surface area contributed by atoms with E-state index in [9.17, 15) is 0 Å². The van der Waals surface area contributed by atoms with Gasteiger partial charge >= 0.3 is 42.1 Å². The molecule has 250 valence electrons. The summed E-state index contributed by atoms with van der Waals surface area (Å²) in [6.45, 7) is 0. The summed E-state index contributed by atoms with van der Waals surface area (Å²) in [6, 6.07) is 60.0. The van der Waals surface area contributed by atoms with Crippen molar-refractivity contribution in [2.24, 2.45) is 0 Å². The summed E-state index contributed by atoms with van der Waals surface area (Å²) in [6.07, 6.45) is 7.15. The van der Waals surface area contributed by atoms with Gasteiger partial charge in [-0.3, -0.25) is 19.9 Å². The Morgan fingerprint density at radius 2 is 0.686 bits per heavy atom. The molecule has 0 amide bonds. The molecule has 0 spiro atoms. The van der Waals surface area contributed by atoms with E-state index in [1.807, 2.05) is 146 Å². The van der Waals surface area contributed by atoms with Crippen LogP contribution in [0.2, 0.25) is 0 Å². The van der Waals surface area contributed by atoms with E-state index in [1.54, 1.807) is 24.8 Å². The Labute approximate surface area is 326 Å². The molecule has 4 aromatic carbocycles. The average Bonchev–Trinajstić information content (AvgIpc) is 3.59. The molecule has 0 aliphatic rings. The Morgan fingerprint density at radius 3 is 0.980 bits per heavy atom. The van der Waals surface area contributed by atoms with Crippen molar-refractivity contribution in [3.8, 4) is 45.0 Å². The maximum absolute atomic E-state index is 5.59. The number of benzene rings is 4. The van der Waals surface area contributed by atoms with Crippen LogP contribution in [0.1, 0.15) is 0 Å². The molecule has 0 aliphatic carbocycles. The van der Waals surface area contributed by atoms with Gasteiger partial charge in [0.15, 0.2) is 0 Å². The summed E-state index contributed by atoms with van der Waals surface area (Å²) in [5, 5.41) is 2.02. The molecular weight excluding hydrogens is 991 g/mol. The number of aromatic nitrogens is 4. The summed E-state index contributed by atoms with van der Waals surface area (Å²) >= 11 is 0. The number of pyridine rings is 4. The summed E-state index contributed by atoms with van der Waals surface area (Å²) in [5.74, 6) is 0. The second-order valence-corrected chi connectivity index (χ2v) is 10.7. The van der Waals surface area contributed by atoms with E-state index in [4.69, 9.17) is 4.42 Å². The third kappa shape index (κ3) is 9.46. The molecule has 5 nitrogen and oxygen atoms in total. The smallest absolute Gasteiger partial charge is 0.564 e. The van der Waals surface area contributed by atoms with Crippen LogP contribution in [-0.4, -0.2) is 19.9 Å². The fourth-order valence-corrected chi connectivity index (χ4v) is 5.15. The molecule has 0 aliphatic heterocycles. The van der Waals surface area contributed by atoms with E-state index in [-0.39, 0.29) is 42.1 Å². The van der Waals surface area contributed by atoms with Gasteiger partial charge in [-0.1, -0.05) is 70.8 Å². The zero-order valence-electron chi connectivity index (χ0n) is 27.0. The minimum atomic E-state index is 0. The summed E-state index contributed by atoms with van der Waals surface area (Å²) in [5.41, 5.74) is 9.39. The van der Waals surface area contributed by atoms with Crippen LogP contribution < -0.4 is 0 Å². The average molecular weight is 1020 g/mol. The first kappa shape index (κ1) is 36.9. The minimum Gasteiger partial charge on any atom is -0.564 e. The summed E-state index contributed by atoms with van der Waals surface area (Å²) in [7, 11) is 0. The molecule has 0 saturated carbocycles. The number of hydrogen-bond donors (Lipinski definition) is 0. The number of furan rings is 1. The van der Waals surface area contributed by atoms with Crippen LogP contribution in [0.25, 0.3) is 67.0 Å². The van der Waals surface area contributed by atoms with Gasteiger partial charge in [-0.15, -0.1) is 72.8 Å². The van der Waals surface area contributed by atoms with Gasteiger partial charge in [-0.05, 0) is 35.4 Å². The van der Waals surface area contributed by atoms with E-state index in [0.29, 0.717) is 0 Å². The second-order valence-electron chi connectivity index (χ2n) is 10.7. The SMILES string of the molecule is [Pt+2].[Pt+2].[c-]1c(-c2ccccn2)cccc1-c1ccccn1.[c-]1c(-c2ccccn2)cccc1-c1ccccn1.[c-]1cccc2oc3ccc[c-]c3c12. The van der Waals surface area contributed by atoms with Crippen LogP contribution in [-0.2, 0) is 42.1 Å². The molecule has 9 rings (SSSR count). The van der Waals surface area contributed by atoms with E-state index in [2.05, 4.69) is 44.2 Å². The summed E-state index contributed by atoms with van der Waals surface area (Å²) in [4.78, 5) is 17.3. The van der Waals surface area contributed by atoms with Crippen molar-refractivity contribution in [1.82, 2.24) is 19.9 Å². The molecule has 0 bridgehead atoms. The maximum atomic E-state index is 5.59. The van der Waals surface area contributed by atoms with Crippen LogP contribution in [0.15, 0.2) is 175 Å². The van der Waals surface area contributed by atoms with Crippen molar-refractivity contribution in [3.63, 3.8) is 0 Å².